The maximum absolute atomic E-state index is 9.26. The lowest BCUT2D eigenvalue weighted by Crippen LogP contribution is -2.41. The van der Waals surface area contributed by atoms with E-state index in [1.165, 1.54) is 0 Å². The smallest absolute Gasteiger partial charge is 0.107 e. The second-order valence-electron chi connectivity index (χ2n) is 4.26. The fraction of sp³-hybridized carbons (Fsp3) is 0.909. The number of nitriles is 1. The first-order chi connectivity index (χ1) is 7.65. The molecule has 0 amide bonds. The van der Waals surface area contributed by atoms with E-state index in [2.05, 4.69) is 11.4 Å². The van der Waals surface area contributed by atoms with E-state index in [1.807, 2.05) is 6.92 Å². The van der Waals surface area contributed by atoms with Gasteiger partial charge in [-0.2, -0.15) is 17.0 Å². The van der Waals surface area contributed by atoms with Crippen LogP contribution < -0.4 is 5.32 Å². The van der Waals surface area contributed by atoms with Gasteiger partial charge in [-0.3, -0.25) is 5.32 Å². The Morgan fingerprint density at radius 3 is 3.00 bits per heavy atom. The monoisotopic (exact) mass is 244 g/mol. The molecule has 0 aliphatic heterocycles. The summed E-state index contributed by atoms with van der Waals surface area (Å²) in [5, 5.41) is 30.8. The van der Waals surface area contributed by atoms with E-state index in [0.29, 0.717) is 11.0 Å². The molecule has 0 heterocycles. The second kappa shape index (κ2) is 6.45. The van der Waals surface area contributed by atoms with Crippen molar-refractivity contribution in [1.82, 2.24) is 5.32 Å². The predicted molar refractivity (Wildman–Crippen MR) is 65.2 cm³/mol. The van der Waals surface area contributed by atoms with Crippen LogP contribution in [0.3, 0.4) is 0 Å². The largest absolute Gasteiger partial charge is 0.394 e. The van der Waals surface area contributed by atoms with Crippen molar-refractivity contribution in [3.63, 3.8) is 0 Å². The van der Waals surface area contributed by atoms with Crippen LogP contribution in [0.5, 0.6) is 0 Å². The summed E-state index contributed by atoms with van der Waals surface area (Å²) >= 11 is 1.66. The SMILES string of the molecule is CCNC1(C#N)CCC(SCC(O)CO)C1. The lowest BCUT2D eigenvalue weighted by atomic mass is 10.0. The van der Waals surface area contributed by atoms with Crippen LogP contribution >= 0.6 is 11.8 Å². The van der Waals surface area contributed by atoms with Gasteiger partial charge in [-0.05, 0) is 25.8 Å². The van der Waals surface area contributed by atoms with E-state index in [0.717, 1.165) is 25.8 Å². The number of aliphatic hydroxyl groups excluding tert-OH is 2. The lowest BCUT2D eigenvalue weighted by molar-refractivity contribution is 0.113. The highest BCUT2D eigenvalue weighted by molar-refractivity contribution is 7.99. The Hall–Kier alpha value is -0.280. The van der Waals surface area contributed by atoms with Crippen molar-refractivity contribution in [2.75, 3.05) is 18.9 Å². The minimum absolute atomic E-state index is 0.184. The van der Waals surface area contributed by atoms with E-state index >= 15 is 0 Å². The fourth-order valence-corrected chi connectivity index (χ4v) is 3.37. The molecule has 1 saturated carbocycles. The number of nitrogens with zero attached hydrogens (tertiary/aromatic N) is 1. The second-order valence-corrected chi connectivity index (χ2v) is 5.59. The zero-order valence-electron chi connectivity index (χ0n) is 9.65. The van der Waals surface area contributed by atoms with Crippen LogP contribution in [0.25, 0.3) is 0 Å². The van der Waals surface area contributed by atoms with Crippen molar-refractivity contribution in [2.45, 2.75) is 43.1 Å². The van der Waals surface area contributed by atoms with Crippen LogP contribution in [-0.2, 0) is 0 Å². The van der Waals surface area contributed by atoms with Crippen LogP contribution in [0.2, 0.25) is 0 Å². The Bertz CT molecular complexity index is 257. The average Bonchev–Trinajstić information content (AvgIpc) is 2.71. The Kier molecular flexibility index (Phi) is 5.56. The molecule has 3 N–H and O–H groups in total. The molecule has 0 aromatic carbocycles. The minimum Gasteiger partial charge on any atom is -0.394 e. The normalized spacial score (nSPS) is 31.2. The van der Waals surface area contributed by atoms with Crippen molar-refractivity contribution in [3.05, 3.63) is 0 Å². The third-order valence-corrected chi connectivity index (χ3v) is 4.38. The summed E-state index contributed by atoms with van der Waals surface area (Å²) in [6.45, 7) is 2.63. The van der Waals surface area contributed by atoms with Crippen LogP contribution in [-0.4, -0.2) is 46.0 Å². The summed E-state index contributed by atoms with van der Waals surface area (Å²) in [6.07, 6.45) is 2.08. The maximum atomic E-state index is 9.26. The summed E-state index contributed by atoms with van der Waals surface area (Å²) in [7, 11) is 0. The van der Waals surface area contributed by atoms with Crippen LogP contribution in [0.15, 0.2) is 0 Å². The van der Waals surface area contributed by atoms with Crippen molar-refractivity contribution >= 4 is 11.8 Å². The standard InChI is InChI=1S/C11H20N2O2S/c1-2-13-11(8-12)4-3-10(5-11)16-7-9(15)6-14/h9-10,13-15H,2-7H2,1H3. The van der Waals surface area contributed by atoms with Gasteiger partial charge in [0, 0.05) is 11.0 Å². The fourth-order valence-electron chi connectivity index (χ4n) is 2.08. The van der Waals surface area contributed by atoms with Crippen LogP contribution in [0.1, 0.15) is 26.2 Å². The average molecular weight is 244 g/mol. The van der Waals surface area contributed by atoms with E-state index in [4.69, 9.17) is 5.11 Å². The summed E-state index contributed by atoms with van der Waals surface area (Å²) in [5.41, 5.74) is -0.365. The summed E-state index contributed by atoms with van der Waals surface area (Å²) < 4.78 is 0. The zero-order chi connectivity index (χ0) is 12.0. The minimum atomic E-state index is -0.638. The van der Waals surface area contributed by atoms with Crippen LogP contribution in [0, 0.1) is 11.3 Å². The molecule has 92 valence electrons. The molecular formula is C11H20N2O2S. The van der Waals surface area contributed by atoms with Crippen molar-refractivity contribution in [3.8, 4) is 6.07 Å². The van der Waals surface area contributed by atoms with Crippen molar-refractivity contribution in [2.24, 2.45) is 0 Å². The Labute approximate surface area is 101 Å². The number of hydrogen-bond donors (Lipinski definition) is 3. The quantitative estimate of drug-likeness (QED) is 0.634. The van der Waals surface area contributed by atoms with E-state index in [-0.39, 0.29) is 12.1 Å². The molecule has 0 spiro atoms. The van der Waals surface area contributed by atoms with Gasteiger partial charge in [0.1, 0.15) is 5.54 Å². The lowest BCUT2D eigenvalue weighted by Gasteiger charge is -2.21. The molecule has 1 rings (SSSR count). The molecule has 4 nitrogen and oxygen atoms in total. The third-order valence-electron chi connectivity index (χ3n) is 2.93. The molecule has 0 radical (unpaired) electrons. The number of hydrogen-bond acceptors (Lipinski definition) is 5. The molecule has 16 heavy (non-hydrogen) atoms. The molecule has 0 aromatic rings. The topological polar surface area (TPSA) is 76.3 Å². The highest BCUT2D eigenvalue weighted by atomic mass is 32.2. The molecule has 1 aliphatic carbocycles. The van der Waals surface area contributed by atoms with Gasteiger partial charge < -0.3 is 10.2 Å². The predicted octanol–water partition coefficient (Wildman–Crippen LogP) is 0.497. The van der Waals surface area contributed by atoms with Gasteiger partial charge in [0.15, 0.2) is 0 Å². The highest BCUT2D eigenvalue weighted by Gasteiger charge is 2.38. The molecule has 0 saturated heterocycles. The van der Waals surface area contributed by atoms with Crippen molar-refractivity contribution in [1.29, 1.82) is 5.26 Å². The van der Waals surface area contributed by atoms with Gasteiger partial charge in [-0.1, -0.05) is 6.92 Å². The first-order valence-electron chi connectivity index (χ1n) is 5.72. The molecule has 3 unspecified atom stereocenters. The van der Waals surface area contributed by atoms with Crippen molar-refractivity contribution < 1.29 is 10.2 Å². The van der Waals surface area contributed by atoms with E-state index in [1.54, 1.807) is 11.8 Å². The molecule has 0 bridgehead atoms. The molecular weight excluding hydrogens is 224 g/mol. The number of thioether (sulfide) groups is 1. The van der Waals surface area contributed by atoms with E-state index < -0.39 is 6.10 Å². The van der Waals surface area contributed by atoms with Crippen LogP contribution in [0.4, 0.5) is 0 Å². The van der Waals surface area contributed by atoms with Gasteiger partial charge in [0.25, 0.3) is 0 Å². The highest BCUT2D eigenvalue weighted by Crippen LogP contribution is 2.36. The summed E-state index contributed by atoms with van der Waals surface area (Å²) in [5.74, 6) is 0.550. The summed E-state index contributed by atoms with van der Waals surface area (Å²) in [4.78, 5) is 0. The molecule has 1 fully saturated rings. The summed E-state index contributed by atoms with van der Waals surface area (Å²) in [6, 6.07) is 2.37. The number of rotatable bonds is 6. The van der Waals surface area contributed by atoms with E-state index in [9.17, 15) is 10.4 Å². The van der Waals surface area contributed by atoms with Gasteiger partial charge in [0.05, 0.1) is 18.8 Å². The third kappa shape index (κ3) is 3.63. The number of nitrogens with one attached hydrogen (secondary N) is 1. The molecule has 0 aromatic heterocycles. The zero-order valence-corrected chi connectivity index (χ0v) is 10.5. The van der Waals surface area contributed by atoms with Gasteiger partial charge in [-0.15, -0.1) is 0 Å². The maximum Gasteiger partial charge on any atom is 0.107 e. The molecule has 3 atom stereocenters. The number of aliphatic hydroxyl groups is 2. The Balaban J connectivity index is 2.36. The van der Waals surface area contributed by atoms with Gasteiger partial charge in [-0.25, -0.2) is 0 Å². The Morgan fingerprint density at radius 2 is 2.44 bits per heavy atom. The van der Waals surface area contributed by atoms with Gasteiger partial charge >= 0.3 is 0 Å². The molecule has 5 heteroatoms. The first-order valence-corrected chi connectivity index (χ1v) is 6.77. The first kappa shape index (κ1) is 13.8. The van der Waals surface area contributed by atoms with Gasteiger partial charge in [0.2, 0.25) is 0 Å². The molecule has 1 aliphatic rings. The Morgan fingerprint density at radius 1 is 1.69 bits per heavy atom.